The minimum absolute atomic E-state index is 0.0619. The molecule has 3 aromatic rings. The van der Waals surface area contributed by atoms with E-state index in [1.807, 2.05) is 13.8 Å². The number of H-pyrrole nitrogens is 1. The molecule has 1 aliphatic heterocycles. The molecule has 1 unspecified atom stereocenters. The molecule has 1 atom stereocenters. The molecule has 1 aromatic carbocycles. The Bertz CT molecular complexity index is 1230. The van der Waals surface area contributed by atoms with Crippen LogP contribution in [0.3, 0.4) is 0 Å². The molecule has 9 nitrogen and oxygen atoms in total. The topological polar surface area (TPSA) is 125 Å². The highest BCUT2D eigenvalue weighted by Crippen LogP contribution is 2.39. The van der Waals surface area contributed by atoms with Crippen LogP contribution in [0.4, 0.5) is 5.69 Å². The van der Waals surface area contributed by atoms with Gasteiger partial charge in [0.15, 0.2) is 0 Å². The van der Waals surface area contributed by atoms with Gasteiger partial charge in [0.1, 0.15) is 0 Å². The number of halogens is 1. The maximum atomic E-state index is 12.9. The number of aryl methyl sites for hydroxylation is 1. The average Bonchev–Trinajstić information content (AvgIpc) is 3.43. The lowest BCUT2D eigenvalue weighted by atomic mass is 9.97. The lowest BCUT2D eigenvalue weighted by Gasteiger charge is -2.12. The van der Waals surface area contributed by atoms with Crippen molar-refractivity contribution in [2.45, 2.75) is 33.4 Å². The molecule has 32 heavy (non-hydrogen) atoms. The van der Waals surface area contributed by atoms with Crippen LogP contribution in [0.5, 0.6) is 0 Å². The second kappa shape index (κ2) is 8.60. The Kier molecular flexibility index (Phi) is 5.86. The van der Waals surface area contributed by atoms with E-state index in [2.05, 4.69) is 25.9 Å². The normalized spacial score (nSPS) is 15.3. The molecule has 2 amide bonds. The van der Waals surface area contributed by atoms with E-state index in [0.717, 1.165) is 16.7 Å². The van der Waals surface area contributed by atoms with Crippen LogP contribution in [0.2, 0.25) is 5.02 Å². The van der Waals surface area contributed by atoms with Crippen LogP contribution in [0.25, 0.3) is 11.1 Å². The maximum Gasteiger partial charge on any atom is 0.256 e. The number of aliphatic hydroxyl groups excluding tert-OH is 1. The number of aromatic nitrogens is 4. The van der Waals surface area contributed by atoms with E-state index >= 15 is 0 Å². The van der Waals surface area contributed by atoms with Crippen LogP contribution in [-0.2, 0) is 11.3 Å². The SMILES string of the molecule is C/C(=C1/C(=O)Nc2ccc(Cl)cc21)c1[nH]c(C)c(C(=O)NCC(O)Cn2ccnn2)c1C. The number of carbonyl (C=O) groups excluding carboxylic acids is 2. The Morgan fingerprint density at radius 3 is 2.84 bits per heavy atom. The van der Waals surface area contributed by atoms with Crippen molar-refractivity contribution in [2.24, 2.45) is 0 Å². The first-order valence-corrected chi connectivity index (χ1v) is 10.5. The van der Waals surface area contributed by atoms with Crippen molar-refractivity contribution in [1.29, 1.82) is 0 Å². The van der Waals surface area contributed by atoms with E-state index in [9.17, 15) is 14.7 Å². The van der Waals surface area contributed by atoms with Gasteiger partial charge < -0.3 is 20.7 Å². The predicted octanol–water partition coefficient (Wildman–Crippen LogP) is 2.55. The molecule has 3 heterocycles. The van der Waals surface area contributed by atoms with E-state index in [-0.39, 0.29) is 24.9 Å². The molecular weight excluding hydrogens is 432 g/mol. The molecule has 4 rings (SSSR count). The van der Waals surface area contributed by atoms with Crippen LogP contribution in [0.15, 0.2) is 30.6 Å². The third-order valence-electron chi connectivity index (χ3n) is 5.51. The van der Waals surface area contributed by atoms with Crippen LogP contribution in [0.1, 0.15) is 39.8 Å². The summed E-state index contributed by atoms with van der Waals surface area (Å²) in [6.07, 6.45) is 2.35. The number of nitrogens with zero attached hydrogens (tertiary/aromatic N) is 3. The fourth-order valence-corrected chi connectivity index (χ4v) is 4.18. The number of carbonyl (C=O) groups is 2. The van der Waals surface area contributed by atoms with Crippen molar-refractivity contribution in [2.75, 3.05) is 11.9 Å². The first kappa shape index (κ1) is 21.8. The fraction of sp³-hybridized carbons (Fsp3) is 0.273. The summed E-state index contributed by atoms with van der Waals surface area (Å²) < 4.78 is 1.49. The van der Waals surface area contributed by atoms with Crippen LogP contribution < -0.4 is 10.6 Å². The summed E-state index contributed by atoms with van der Waals surface area (Å²) >= 11 is 6.14. The number of amides is 2. The molecule has 10 heteroatoms. The Hall–Kier alpha value is -3.43. The number of benzene rings is 1. The second-order valence-corrected chi connectivity index (χ2v) is 8.19. The standard InChI is InChI=1S/C22H23ClN6O3/c1-11-18(21(31)24-9-15(30)10-29-7-6-25-28-29)13(3)26-20(11)12(2)19-16-8-14(23)4-5-17(16)27-22(19)32/h4-8,15,26,30H,9-10H2,1-3H3,(H,24,31)(H,27,32)/b19-12-. The molecule has 2 aromatic heterocycles. The molecule has 166 valence electrons. The van der Waals surface area contributed by atoms with E-state index in [1.165, 1.54) is 10.9 Å². The fourth-order valence-electron chi connectivity index (χ4n) is 4.01. The van der Waals surface area contributed by atoms with Gasteiger partial charge in [0.25, 0.3) is 11.8 Å². The number of anilines is 1. The maximum absolute atomic E-state index is 12.9. The van der Waals surface area contributed by atoms with Crippen molar-refractivity contribution in [3.63, 3.8) is 0 Å². The van der Waals surface area contributed by atoms with E-state index in [0.29, 0.717) is 33.2 Å². The molecular formula is C22H23ClN6O3. The lowest BCUT2D eigenvalue weighted by Crippen LogP contribution is -2.35. The van der Waals surface area contributed by atoms with Crippen LogP contribution in [-0.4, -0.2) is 49.5 Å². The zero-order valence-corrected chi connectivity index (χ0v) is 18.6. The monoisotopic (exact) mass is 454 g/mol. The molecule has 0 fully saturated rings. The molecule has 0 spiro atoms. The Morgan fingerprint density at radius 1 is 1.34 bits per heavy atom. The van der Waals surface area contributed by atoms with Crippen molar-refractivity contribution in [3.05, 3.63) is 63.7 Å². The third kappa shape index (κ3) is 4.04. The first-order chi connectivity index (χ1) is 15.3. The number of fused-ring (bicyclic) bond motifs is 1. The number of aliphatic hydroxyl groups is 1. The highest BCUT2D eigenvalue weighted by molar-refractivity contribution is 6.38. The smallest absolute Gasteiger partial charge is 0.256 e. The quantitative estimate of drug-likeness (QED) is 0.426. The minimum Gasteiger partial charge on any atom is -0.389 e. The largest absolute Gasteiger partial charge is 0.389 e. The van der Waals surface area contributed by atoms with Crippen molar-refractivity contribution in [3.8, 4) is 0 Å². The lowest BCUT2D eigenvalue weighted by molar-refractivity contribution is -0.110. The first-order valence-electron chi connectivity index (χ1n) is 10.1. The zero-order valence-electron chi connectivity index (χ0n) is 17.9. The Morgan fingerprint density at radius 2 is 2.12 bits per heavy atom. The predicted molar refractivity (Wildman–Crippen MR) is 121 cm³/mol. The van der Waals surface area contributed by atoms with Gasteiger partial charge in [-0.1, -0.05) is 16.8 Å². The number of hydrogen-bond donors (Lipinski definition) is 4. The highest BCUT2D eigenvalue weighted by Gasteiger charge is 2.29. The minimum atomic E-state index is -0.813. The van der Waals surface area contributed by atoms with Crippen LogP contribution in [0, 0.1) is 13.8 Å². The van der Waals surface area contributed by atoms with Gasteiger partial charge in [0, 0.05) is 40.4 Å². The van der Waals surface area contributed by atoms with Gasteiger partial charge in [0.2, 0.25) is 0 Å². The molecule has 0 radical (unpaired) electrons. The van der Waals surface area contributed by atoms with Crippen LogP contribution >= 0.6 is 11.6 Å². The van der Waals surface area contributed by atoms with Crippen molar-refractivity contribution < 1.29 is 14.7 Å². The summed E-state index contributed by atoms with van der Waals surface area (Å²) in [6, 6.07) is 5.25. The second-order valence-electron chi connectivity index (χ2n) is 7.76. The molecule has 0 aliphatic carbocycles. The van der Waals surface area contributed by atoms with E-state index in [4.69, 9.17) is 11.6 Å². The average molecular weight is 455 g/mol. The van der Waals surface area contributed by atoms with Gasteiger partial charge in [-0.2, -0.15) is 0 Å². The van der Waals surface area contributed by atoms with Gasteiger partial charge >= 0.3 is 0 Å². The summed E-state index contributed by atoms with van der Waals surface area (Å²) in [5.74, 6) is -0.522. The molecule has 1 aliphatic rings. The number of nitrogens with one attached hydrogen (secondary N) is 3. The third-order valence-corrected chi connectivity index (χ3v) is 5.74. The zero-order chi connectivity index (χ0) is 23.0. The summed E-state index contributed by atoms with van der Waals surface area (Å²) in [5.41, 5.74) is 5.25. The number of hydrogen-bond acceptors (Lipinski definition) is 5. The number of aromatic amines is 1. The van der Waals surface area contributed by atoms with E-state index < -0.39 is 6.10 Å². The number of rotatable bonds is 6. The molecule has 0 saturated carbocycles. The van der Waals surface area contributed by atoms with E-state index in [1.54, 1.807) is 31.3 Å². The summed E-state index contributed by atoms with van der Waals surface area (Å²) in [6.45, 7) is 5.75. The Balaban J connectivity index is 1.58. The van der Waals surface area contributed by atoms with Gasteiger partial charge in [0.05, 0.1) is 30.0 Å². The highest BCUT2D eigenvalue weighted by atomic mass is 35.5. The molecule has 4 N–H and O–H groups in total. The van der Waals surface area contributed by atoms with Crippen molar-refractivity contribution in [1.82, 2.24) is 25.3 Å². The van der Waals surface area contributed by atoms with Gasteiger partial charge in [-0.25, -0.2) is 4.68 Å². The molecule has 0 saturated heterocycles. The van der Waals surface area contributed by atoms with Gasteiger partial charge in [-0.15, -0.1) is 5.10 Å². The summed E-state index contributed by atoms with van der Waals surface area (Å²) in [5, 5.41) is 23.8. The van der Waals surface area contributed by atoms with Gasteiger partial charge in [-0.05, 0) is 50.1 Å². The van der Waals surface area contributed by atoms with Crippen molar-refractivity contribution >= 4 is 40.2 Å². The summed E-state index contributed by atoms with van der Waals surface area (Å²) in [4.78, 5) is 28.8. The Labute approximate surface area is 189 Å². The number of allylic oxidation sites excluding steroid dienone is 1. The molecule has 0 bridgehead atoms. The van der Waals surface area contributed by atoms with Gasteiger partial charge in [-0.3, -0.25) is 9.59 Å². The summed E-state index contributed by atoms with van der Waals surface area (Å²) in [7, 11) is 0.